The van der Waals surface area contributed by atoms with Crippen LogP contribution in [0, 0.1) is 17.8 Å². The lowest BCUT2D eigenvalue weighted by Crippen LogP contribution is -2.23. The van der Waals surface area contributed by atoms with Crippen molar-refractivity contribution in [3.63, 3.8) is 0 Å². The van der Waals surface area contributed by atoms with Crippen molar-refractivity contribution in [1.29, 1.82) is 0 Å². The van der Waals surface area contributed by atoms with Gasteiger partial charge in [-0.05, 0) is 61.1 Å². The fourth-order valence-electron chi connectivity index (χ4n) is 3.78. The maximum atomic E-state index is 6.62. The Bertz CT molecular complexity index is 402. The lowest BCUT2D eigenvalue weighted by Gasteiger charge is -2.26. The van der Waals surface area contributed by atoms with E-state index in [0.29, 0.717) is 5.38 Å². The van der Waals surface area contributed by atoms with E-state index >= 15 is 0 Å². The van der Waals surface area contributed by atoms with Crippen LogP contribution in [0.5, 0.6) is 0 Å². The molecule has 0 spiro atoms. The second-order valence-electron chi connectivity index (χ2n) is 5.69. The van der Waals surface area contributed by atoms with Gasteiger partial charge in [0.05, 0.1) is 0 Å². The minimum atomic E-state index is 0.295. The molecule has 0 amide bonds. The molecule has 2 heteroatoms. The van der Waals surface area contributed by atoms with Crippen molar-refractivity contribution < 1.29 is 0 Å². The van der Waals surface area contributed by atoms with Gasteiger partial charge in [0.15, 0.2) is 0 Å². The van der Waals surface area contributed by atoms with Crippen molar-refractivity contribution in [2.24, 2.45) is 17.8 Å². The van der Waals surface area contributed by atoms with E-state index in [1.165, 1.54) is 31.2 Å². The number of rotatable bonds is 3. The van der Waals surface area contributed by atoms with Crippen LogP contribution in [0.1, 0.15) is 31.2 Å². The zero-order chi connectivity index (χ0) is 11.8. The van der Waals surface area contributed by atoms with Crippen molar-refractivity contribution in [1.82, 2.24) is 0 Å². The number of fused-ring (bicyclic) bond motifs is 2. The Kier molecular flexibility index (Phi) is 3.36. The molecule has 1 aromatic carbocycles. The van der Waals surface area contributed by atoms with Gasteiger partial charge >= 0.3 is 0 Å². The predicted molar refractivity (Wildman–Crippen MR) is 73.7 cm³/mol. The summed E-state index contributed by atoms with van der Waals surface area (Å²) in [5.74, 6) is 2.63. The van der Waals surface area contributed by atoms with Crippen molar-refractivity contribution in [2.45, 2.75) is 37.5 Å². The van der Waals surface area contributed by atoms with E-state index in [1.54, 1.807) is 0 Å². The Morgan fingerprint density at radius 1 is 1.24 bits per heavy atom. The summed E-state index contributed by atoms with van der Waals surface area (Å²) in [6.45, 7) is 0. The number of hydrogen-bond acceptors (Lipinski definition) is 0. The molecule has 0 heterocycles. The lowest BCUT2D eigenvalue weighted by atomic mass is 9.84. The van der Waals surface area contributed by atoms with Crippen LogP contribution in [-0.4, -0.2) is 5.38 Å². The standard InChI is InChI=1S/C15H18Cl2/c16-13-3-1-2-10(7-13)9-15(17)14-8-11-4-5-12(14)6-11/h1-3,7,11-12,14-15H,4-6,8-9H2. The third-order valence-electron chi connectivity index (χ3n) is 4.58. The topological polar surface area (TPSA) is 0 Å². The van der Waals surface area contributed by atoms with Gasteiger partial charge in [0.25, 0.3) is 0 Å². The molecule has 0 aliphatic heterocycles. The molecule has 2 fully saturated rings. The molecule has 0 N–H and O–H groups in total. The normalized spacial score (nSPS) is 32.9. The zero-order valence-electron chi connectivity index (χ0n) is 9.91. The van der Waals surface area contributed by atoms with Crippen LogP contribution < -0.4 is 0 Å². The van der Waals surface area contributed by atoms with Gasteiger partial charge in [-0.2, -0.15) is 0 Å². The van der Waals surface area contributed by atoms with E-state index in [-0.39, 0.29) is 0 Å². The summed E-state index contributed by atoms with van der Waals surface area (Å²) in [6.07, 6.45) is 6.62. The average Bonchev–Trinajstić information content (AvgIpc) is 2.90. The Hall–Kier alpha value is -0.200. The summed E-state index contributed by atoms with van der Waals surface area (Å²) < 4.78 is 0. The van der Waals surface area contributed by atoms with Crippen molar-refractivity contribution in [3.05, 3.63) is 34.9 Å². The number of halogens is 2. The lowest BCUT2D eigenvalue weighted by molar-refractivity contribution is 0.319. The van der Waals surface area contributed by atoms with Crippen LogP contribution in [0.25, 0.3) is 0 Å². The van der Waals surface area contributed by atoms with E-state index in [0.717, 1.165) is 29.2 Å². The molecular formula is C15H18Cl2. The average molecular weight is 269 g/mol. The molecule has 3 rings (SSSR count). The van der Waals surface area contributed by atoms with Crippen LogP contribution in [0.4, 0.5) is 0 Å². The Balaban J connectivity index is 1.65. The van der Waals surface area contributed by atoms with Crippen molar-refractivity contribution >= 4 is 23.2 Å². The molecule has 92 valence electrons. The Morgan fingerprint density at radius 2 is 2.12 bits per heavy atom. The minimum Gasteiger partial charge on any atom is -0.122 e. The predicted octanol–water partition coefficient (Wildman–Crippen LogP) is 4.93. The van der Waals surface area contributed by atoms with Crippen LogP contribution in [0.15, 0.2) is 24.3 Å². The van der Waals surface area contributed by atoms with Crippen LogP contribution in [-0.2, 0) is 6.42 Å². The Morgan fingerprint density at radius 3 is 2.76 bits per heavy atom. The highest BCUT2D eigenvalue weighted by Crippen LogP contribution is 2.50. The van der Waals surface area contributed by atoms with Crippen LogP contribution >= 0.6 is 23.2 Å². The summed E-state index contributed by atoms with van der Waals surface area (Å²) in [5.41, 5.74) is 1.28. The summed E-state index contributed by atoms with van der Waals surface area (Å²) >= 11 is 12.6. The number of benzene rings is 1. The van der Waals surface area contributed by atoms with Crippen LogP contribution in [0.3, 0.4) is 0 Å². The smallest absolute Gasteiger partial charge is 0.0408 e. The Labute approximate surface area is 113 Å². The molecule has 0 radical (unpaired) electrons. The highest BCUT2D eigenvalue weighted by atomic mass is 35.5. The molecule has 2 aliphatic rings. The van der Waals surface area contributed by atoms with E-state index < -0.39 is 0 Å². The minimum absolute atomic E-state index is 0.295. The molecule has 0 saturated heterocycles. The van der Waals surface area contributed by atoms with E-state index in [1.807, 2.05) is 18.2 Å². The molecule has 2 aliphatic carbocycles. The summed E-state index contributed by atoms with van der Waals surface area (Å²) in [4.78, 5) is 0. The molecule has 2 bridgehead atoms. The molecule has 0 aromatic heterocycles. The second kappa shape index (κ2) is 4.82. The largest absolute Gasteiger partial charge is 0.122 e. The fourth-order valence-corrected chi connectivity index (χ4v) is 4.48. The van der Waals surface area contributed by atoms with E-state index in [4.69, 9.17) is 23.2 Å². The molecule has 17 heavy (non-hydrogen) atoms. The maximum Gasteiger partial charge on any atom is 0.0408 e. The monoisotopic (exact) mass is 268 g/mol. The van der Waals surface area contributed by atoms with Gasteiger partial charge in [-0.1, -0.05) is 30.2 Å². The summed E-state index contributed by atoms with van der Waals surface area (Å²) in [5, 5.41) is 1.11. The quantitative estimate of drug-likeness (QED) is 0.683. The number of alkyl halides is 1. The van der Waals surface area contributed by atoms with Gasteiger partial charge in [0.1, 0.15) is 0 Å². The number of hydrogen-bond donors (Lipinski definition) is 0. The first-order valence-electron chi connectivity index (χ1n) is 6.61. The first kappa shape index (κ1) is 11.9. The van der Waals surface area contributed by atoms with E-state index in [2.05, 4.69) is 6.07 Å². The first-order valence-corrected chi connectivity index (χ1v) is 7.42. The summed E-state index contributed by atoms with van der Waals surface area (Å²) in [6, 6.07) is 8.12. The van der Waals surface area contributed by atoms with Gasteiger partial charge in [-0.15, -0.1) is 11.6 Å². The van der Waals surface area contributed by atoms with E-state index in [9.17, 15) is 0 Å². The highest BCUT2D eigenvalue weighted by molar-refractivity contribution is 6.30. The van der Waals surface area contributed by atoms with Crippen molar-refractivity contribution in [2.75, 3.05) is 0 Å². The highest BCUT2D eigenvalue weighted by Gasteiger charge is 2.42. The van der Waals surface area contributed by atoms with Gasteiger partial charge in [-0.25, -0.2) is 0 Å². The van der Waals surface area contributed by atoms with Gasteiger partial charge in [0.2, 0.25) is 0 Å². The molecule has 0 nitrogen and oxygen atoms in total. The molecule has 1 aromatic rings. The van der Waals surface area contributed by atoms with Gasteiger partial charge in [-0.3, -0.25) is 0 Å². The second-order valence-corrected chi connectivity index (χ2v) is 6.69. The maximum absolute atomic E-state index is 6.62. The first-order chi connectivity index (χ1) is 8.22. The third kappa shape index (κ3) is 2.48. The molecular weight excluding hydrogens is 251 g/mol. The van der Waals surface area contributed by atoms with Crippen molar-refractivity contribution in [3.8, 4) is 0 Å². The summed E-state index contributed by atoms with van der Waals surface area (Å²) in [7, 11) is 0. The fraction of sp³-hybridized carbons (Fsp3) is 0.600. The third-order valence-corrected chi connectivity index (χ3v) is 5.29. The molecule has 4 unspecified atom stereocenters. The van der Waals surface area contributed by atoms with Crippen LogP contribution in [0.2, 0.25) is 5.02 Å². The van der Waals surface area contributed by atoms with Gasteiger partial charge < -0.3 is 0 Å². The SMILES string of the molecule is Clc1cccc(CC(Cl)C2CC3CCC2C3)c1. The molecule has 2 saturated carbocycles. The van der Waals surface area contributed by atoms with Gasteiger partial charge in [0, 0.05) is 10.4 Å². The zero-order valence-corrected chi connectivity index (χ0v) is 11.4. The molecule has 4 atom stereocenters.